The van der Waals surface area contributed by atoms with Gasteiger partial charge in [0, 0.05) is 18.2 Å². The molecule has 0 spiro atoms. The summed E-state index contributed by atoms with van der Waals surface area (Å²) in [5.74, 6) is 1.59. The van der Waals surface area contributed by atoms with E-state index in [1.165, 1.54) is 11.8 Å². The van der Waals surface area contributed by atoms with Crippen molar-refractivity contribution in [1.82, 2.24) is 0 Å². The van der Waals surface area contributed by atoms with Crippen LogP contribution in [0.3, 0.4) is 0 Å². The second-order valence-electron chi connectivity index (χ2n) is 3.18. The van der Waals surface area contributed by atoms with Crippen LogP contribution in [0.2, 0.25) is 0 Å². The summed E-state index contributed by atoms with van der Waals surface area (Å²) in [6.07, 6.45) is 3.96. The van der Waals surface area contributed by atoms with Crippen LogP contribution in [0.15, 0.2) is 30.3 Å². The van der Waals surface area contributed by atoms with E-state index in [-0.39, 0.29) is 5.12 Å². The first kappa shape index (κ1) is 12.8. The van der Waals surface area contributed by atoms with Gasteiger partial charge >= 0.3 is 0 Å². The lowest BCUT2D eigenvalue weighted by atomic mass is 10.2. The summed E-state index contributed by atoms with van der Waals surface area (Å²) in [6.45, 7) is 4.20. The number of thioether (sulfide) groups is 1. The monoisotopic (exact) mass is 236 g/mol. The smallest absolute Gasteiger partial charge is 0.186 e. The number of para-hydroxylation sites is 1. The van der Waals surface area contributed by atoms with Gasteiger partial charge in [0.05, 0.1) is 6.61 Å². The molecule has 0 atom stereocenters. The Morgan fingerprint density at radius 3 is 2.88 bits per heavy atom. The molecule has 0 aliphatic carbocycles. The molecule has 1 aromatic carbocycles. The van der Waals surface area contributed by atoms with Crippen LogP contribution in [0.5, 0.6) is 5.75 Å². The lowest BCUT2D eigenvalue weighted by molar-refractivity contribution is -0.109. The predicted octanol–water partition coefficient (Wildman–Crippen LogP) is 3.38. The van der Waals surface area contributed by atoms with E-state index in [0.717, 1.165) is 11.3 Å². The minimum Gasteiger partial charge on any atom is -0.493 e. The molecule has 86 valence electrons. The van der Waals surface area contributed by atoms with Gasteiger partial charge in [-0.15, -0.1) is 0 Å². The summed E-state index contributed by atoms with van der Waals surface area (Å²) >= 11 is 1.30. The Kier molecular flexibility index (Phi) is 5.72. The van der Waals surface area contributed by atoms with Gasteiger partial charge in [-0.2, -0.15) is 0 Å². The molecule has 1 rings (SSSR count). The van der Waals surface area contributed by atoms with Gasteiger partial charge in [0.15, 0.2) is 5.12 Å². The molecule has 0 bridgehead atoms. The lowest BCUT2D eigenvalue weighted by Crippen LogP contribution is -1.93. The van der Waals surface area contributed by atoms with Crippen LogP contribution >= 0.6 is 11.8 Å². The summed E-state index contributed by atoms with van der Waals surface area (Å²) in [5.41, 5.74) is 1.05. The van der Waals surface area contributed by atoms with E-state index in [2.05, 4.69) is 0 Å². The minimum absolute atomic E-state index is 0.141. The molecule has 0 heterocycles. The van der Waals surface area contributed by atoms with Crippen LogP contribution in [-0.4, -0.2) is 17.5 Å². The van der Waals surface area contributed by atoms with Gasteiger partial charge in [-0.1, -0.05) is 42.1 Å². The zero-order valence-electron chi connectivity index (χ0n) is 9.60. The number of hydrogen-bond donors (Lipinski definition) is 0. The highest BCUT2D eigenvalue weighted by Crippen LogP contribution is 2.19. The van der Waals surface area contributed by atoms with Gasteiger partial charge in [-0.3, -0.25) is 4.79 Å². The summed E-state index contributed by atoms with van der Waals surface area (Å²) in [7, 11) is 0. The molecule has 0 amide bonds. The number of rotatable bonds is 5. The molecule has 0 aromatic heterocycles. The summed E-state index contributed by atoms with van der Waals surface area (Å²) in [6, 6.07) is 7.87. The standard InChI is InChI=1S/C13H16O2S/c1-3-15-13-9-5-4-7-12(13)8-6-10-16-11(2)14/h4-9H,3,10H2,1-2H3. The molecule has 0 saturated heterocycles. The Morgan fingerprint density at radius 1 is 1.44 bits per heavy atom. The quantitative estimate of drug-likeness (QED) is 0.784. The highest BCUT2D eigenvalue weighted by molar-refractivity contribution is 8.13. The largest absolute Gasteiger partial charge is 0.493 e. The summed E-state index contributed by atoms with van der Waals surface area (Å²) < 4.78 is 5.49. The van der Waals surface area contributed by atoms with E-state index < -0.39 is 0 Å². The number of benzene rings is 1. The Balaban J connectivity index is 2.61. The number of carbonyl (C=O) groups is 1. The first-order chi connectivity index (χ1) is 7.74. The first-order valence-electron chi connectivity index (χ1n) is 5.25. The van der Waals surface area contributed by atoms with E-state index in [9.17, 15) is 4.79 Å². The van der Waals surface area contributed by atoms with Crippen molar-refractivity contribution in [2.75, 3.05) is 12.4 Å². The average molecular weight is 236 g/mol. The van der Waals surface area contributed by atoms with E-state index in [4.69, 9.17) is 4.74 Å². The summed E-state index contributed by atoms with van der Waals surface area (Å²) in [4.78, 5) is 10.7. The Labute approximate surface area is 101 Å². The van der Waals surface area contributed by atoms with Crippen molar-refractivity contribution in [3.05, 3.63) is 35.9 Å². The van der Waals surface area contributed by atoms with Crippen LogP contribution in [0.25, 0.3) is 6.08 Å². The fourth-order valence-corrected chi connectivity index (χ4v) is 1.67. The zero-order valence-corrected chi connectivity index (χ0v) is 10.4. The van der Waals surface area contributed by atoms with Crippen molar-refractivity contribution in [3.8, 4) is 5.75 Å². The van der Waals surface area contributed by atoms with Gasteiger partial charge in [0.1, 0.15) is 5.75 Å². The third kappa shape index (κ3) is 4.53. The molecule has 3 heteroatoms. The topological polar surface area (TPSA) is 26.3 Å². The van der Waals surface area contributed by atoms with Crippen molar-refractivity contribution in [3.63, 3.8) is 0 Å². The third-order valence-electron chi connectivity index (χ3n) is 1.90. The highest BCUT2D eigenvalue weighted by Gasteiger charge is 1.97. The van der Waals surface area contributed by atoms with Crippen molar-refractivity contribution in [2.24, 2.45) is 0 Å². The number of hydrogen-bond acceptors (Lipinski definition) is 3. The third-order valence-corrected chi connectivity index (χ3v) is 2.66. The predicted molar refractivity (Wildman–Crippen MR) is 69.8 cm³/mol. The van der Waals surface area contributed by atoms with Crippen molar-refractivity contribution in [1.29, 1.82) is 0 Å². The molecule has 0 aliphatic rings. The second-order valence-corrected chi connectivity index (χ2v) is 4.37. The first-order valence-corrected chi connectivity index (χ1v) is 6.24. The van der Waals surface area contributed by atoms with Crippen molar-refractivity contribution in [2.45, 2.75) is 13.8 Å². The van der Waals surface area contributed by atoms with E-state index in [1.807, 2.05) is 43.3 Å². The molecule has 0 radical (unpaired) electrons. The van der Waals surface area contributed by atoms with Crippen LogP contribution in [0, 0.1) is 0 Å². The number of carbonyl (C=O) groups excluding carboxylic acids is 1. The Morgan fingerprint density at radius 2 is 2.19 bits per heavy atom. The Bertz CT molecular complexity index is 372. The average Bonchev–Trinajstić information content (AvgIpc) is 2.26. The van der Waals surface area contributed by atoms with Crippen LogP contribution in [0.4, 0.5) is 0 Å². The molecule has 0 unspecified atom stereocenters. The molecule has 0 aliphatic heterocycles. The molecular formula is C13H16O2S. The lowest BCUT2D eigenvalue weighted by Gasteiger charge is -2.05. The maximum absolute atomic E-state index is 10.7. The minimum atomic E-state index is 0.141. The maximum atomic E-state index is 10.7. The molecule has 1 aromatic rings. The highest BCUT2D eigenvalue weighted by atomic mass is 32.2. The van der Waals surface area contributed by atoms with Gasteiger partial charge in [-0.05, 0) is 13.0 Å². The molecule has 0 fully saturated rings. The molecule has 16 heavy (non-hydrogen) atoms. The van der Waals surface area contributed by atoms with Crippen LogP contribution in [-0.2, 0) is 4.79 Å². The normalized spacial score (nSPS) is 10.6. The maximum Gasteiger partial charge on any atom is 0.186 e. The van der Waals surface area contributed by atoms with E-state index in [0.29, 0.717) is 12.4 Å². The second kappa shape index (κ2) is 7.12. The van der Waals surface area contributed by atoms with Crippen LogP contribution in [0.1, 0.15) is 19.4 Å². The van der Waals surface area contributed by atoms with Gasteiger partial charge < -0.3 is 4.74 Å². The molecular weight excluding hydrogens is 220 g/mol. The van der Waals surface area contributed by atoms with Gasteiger partial charge in [0.2, 0.25) is 0 Å². The molecule has 0 N–H and O–H groups in total. The van der Waals surface area contributed by atoms with Crippen molar-refractivity contribution >= 4 is 23.0 Å². The van der Waals surface area contributed by atoms with E-state index in [1.54, 1.807) is 6.92 Å². The zero-order chi connectivity index (χ0) is 11.8. The number of ether oxygens (including phenoxy) is 1. The molecule has 2 nitrogen and oxygen atoms in total. The van der Waals surface area contributed by atoms with Gasteiger partial charge in [0.25, 0.3) is 0 Å². The summed E-state index contributed by atoms with van der Waals surface area (Å²) in [5, 5.41) is 0.141. The molecule has 0 saturated carbocycles. The van der Waals surface area contributed by atoms with E-state index >= 15 is 0 Å². The SMILES string of the molecule is CCOc1ccccc1C=CCSC(C)=O. The Hall–Kier alpha value is -1.22. The van der Waals surface area contributed by atoms with Crippen LogP contribution < -0.4 is 4.74 Å². The fourth-order valence-electron chi connectivity index (χ4n) is 1.25. The van der Waals surface area contributed by atoms with Gasteiger partial charge in [-0.25, -0.2) is 0 Å². The van der Waals surface area contributed by atoms with Crippen molar-refractivity contribution < 1.29 is 9.53 Å². The fraction of sp³-hybridized carbons (Fsp3) is 0.308.